The molecular formula is C19H26N2S. The molecule has 1 aliphatic carbocycles. The molecule has 0 amide bonds. The van der Waals surface area contributed by atoms with E-state index < -0.39 is 0 Å². The van der Waals surface area contributed by atoms with E-state index in [9.17, 15) is 0 Å². The van der Waals surface area contributed by atoms with Gasteiger partial charge in [0, 0.05) is 28.8 Å². The van der Waals surface area contributed by atoms with Crippen molar-refractivity contribution in [3.63, 3.8) is 0 Å². The van der Waals surface area contributed by atoms with E-state index in [4.69, 9.17) is 4.99 Å². The smallest absolute Gasteiger partial charge is 0.0633 e. The highest BCUT2D eigenvalue weighted by Crippen LogP contribution is 2.26. The van der Waals surface area contributed by atoms with E-state index in [1.807, 2.05) is 30.3 Å². The summed E-state index contributed by atoms with van der Waals surface area (Å²) >= 11 is 1.78. The highest BCUT2D eigenvalue weighted by molar-refractivity contribution is 8.02. The van der Waals surface area contributed by atoms with Crippen LogP contribution in [0.4, 0.5) is 5.69 Å². The zero-order valence-corrected chi connectivity index (χ0v) is 14.8. The molecule has 0 bridgehead atoms. The van der Waals surface area contributed by atoms with Crippen LogP contribution in [-0.4, -0.2) is 18.0 Å². The fraction of sp³-hybridized carbons (Fsp3) is 0.421. The van der Waals surface area contributed by atoms with Gasteiger partial charge in [0.15, 0.2) is 0 Å². The molecule has 0 saturated heterocycles. The van der Waals surface area contributed by atoms with Crippen LogP contribution in [0.3, 0.4) is 0 Å². The molecule has 0 heterocycles. The molecule has 1 unspecified atom stereocenters. The van der Waals surface area contributed by atoms with Gasteiger partial charge in [0.05, 0.1) is 5.69 Å². The van der Waals surface area contributed by atoms with Crippen molar-refractivity contribution in [3.05, 3.63) is 53.1 Å². The minimum absolute atomic E-state index is 0.495. The number of para-hydroxylation sites is 1. The molecule has 2 nitrogen and oxygen atoms in total. The van der Waals surface area contributed by atoms with Crippen LogP contribution < -0.4 is 5.32 Å². The molecule has 118 valence electrons. The molecule has 0 aliphatic heterocycles. The highest BCUT2D eigenvalue weighted by atomic mass is 32.2. The Morgan fingerprint density at radius 2 is 1.91 bits per heavy atom. The summed E-state index contributed by atoms with van der Waals surface area (Å²) in [5.41, 5.74) is 3.40. The Kier molecular flexibility index (Phi) is 6.32. The van der Waals surface area contributed by atoms with Gasteiger partial charge in [-0.15, -0.1) is 11.8 Å². The lowest BCUT2D eigenvalue weighted by Crippen LogP contribution is -2.28. The van der Waals surface area contributed by atoms with Gasteiger partial charge in [-0.25, -0.2) is 0 Å². The normalized spacial score (nSPS) is 18.1. The quantitative estimate of drug-likeness (QED) is 0.768. The largest absolute Gasteiger partial charge is 0.382 e. The number of aliphatic imine (C=N–C) groups is 1. The van der Waals surface area contributed by atoms with Gasteiger partial charge in [0.1, 0.15) is 0 Å². The third-order valence-corrected chi connectivity index (χ3v) is 4.33. The van der Waals surface area contributed by atoms with E-state index in [0.717, 1.165) is 17.8 Å². The molecule has 22 heavy (non-hydrogen) atoms. The van der Waals surface area contributed by atoms with E-state index in [-0.39, 0.29) is 0 Å². The third kappa shape index (κ3) is 5.06. The molecule has 0 aromatic heterocycles. The lowest BCUT2D eigenvalue weighted by Gasteiger charge is -2.23. The maximum atomic E-state index is 4.73. The maximum absolute atomic E-state index is 4.73. The van der Waals surface area contributed by atoms with Crippen molar-refractivity contribution >= 4 is 23.2 Å². The average molecular weight is 314 g/mol. The SMILES string of the molecule is CSC1=CC(=Nc2ccccc2)CC=C1NC(C)CC(C)C. The first-order valence-electron chi connectivity index (χ1n) is 7.94. The lowest BCUT2D eigenvalue weighted by molar-refractivity contribution is 0.474. The summed E-state index contributed by atoms with van der Waals surface area (Å²) in [6.45, 7) is 6.79. The van der Waals surface area contributed by atoms with E-state index in [0.29, 0.717) is 12.0 Å². The van der Waals surface area contributed by atoms with Crippen LogP contribution in [0, 0.1) is 5.92 Å². The average Bonchev–Trinajstić information content (AvgIpc) is 2.49. The van der Waals surface area contributed by atoms with E-state index in [2.05, 4.69) is 44.5 Å². The van der Waals surface area contributed by atoms with Crippen molar-refractivity contribution in [3.8, 4) is 0 Å². The van der Waals surface area contributed by atoms with Crippen LogP contribution in [0.2, 0.25) is 0 Å². The Balaban J connectivity index is 2.08. The van der Waals surface area contributed by atoms with E-state index in [1.54, 1.807) is 11.8 Å². The number of nitrogens with one attached hydrogen (secondary N) is 1. The van der Waals surface area contributed by atoms with E-state index >= 15 is 0 Å². The van der Waals surface area contributed by atoms with Crippen LogP contribution >= 0.6 is 11.8 Å². The van der Waals surface area contributed by atoms with E-state index in [1.165, 1.54) is 17.0 Å². The summed E-state index contributed by atoms with van der Waals surface area (Å²) in [5.74, 6) is 0.712. The second kappa shape index (κ2) is 8.23. The zero-order valence-electron chi connectivity index (χ0n) is 14.0. The van der Waals surface area contributed by atoms with Gasteiger partial charge in [-0.3, -0.25) is 4.99 Å². The number of allylic oxidation sites excluding steroid dienone is 2. The minimum atomic E-state index is 0.495. The molecule has 1 aromatic rings. The number of nitrogens with zero attached hydrogens (tertiary/aromatic N) is 1. The summed E-state index contributed by atoms with van der Waals surface area (Å²) in [6, 6.07) is 10.7. The van der Waals surface area contributed by atoms with Crippen molar-refractivity contribution in [2.45, 2.75) is 39.7 Å². The van der Waals surface area contributed by atoms with Crippen LogP contribution in [0.1, 0.15) is 33.6 Å². The van der Waals surface area contributed by atoms with Crippen LogP contribution in [-0.2, 0) is 0 Å². The van der Waals surface area contributed by atoms with Gasteiger partial charge in [-0.1, -0.05) is 38.1 Å². The molecule has 1 aromatic carbocycles. The van der Waals surface area contributed by atoms with Crippen LogP contribution in [0.15, 0.2) is 58.1 Å². The van der Waals surface area contributed by atoms with Gasteiger partial charge >= 0.3 is 0 Å². The number of benzene rings is 1. The molecule has 0 radical (unpaired) electrons. The highest BCUT2D eigenvalue weighted by Gasteiger charge is 2.14. The molecular weight excluding hydrogens is 288 g/mol. The third-order valence-electron chi connectivity index (χ3n) is 3.55. The summed E-state index contributed by atoms with van der Waals surface area (Å²) in [6.07, 6.45) is 8.67. The fourth-order valence-electron chi connectivity index (χ4n) is 2.67. The van der Waals surface area contributed by atoms with Crippen molar-refractivity contribution in [2.75, 3.05) is 6.26 Å². The summed E-state index contributed by atoms with van der Waals surface area (Å²) in [4.78, 5) is 6.01. The minimum Gasteiger partial charge on any atom is -0.382 e. The second-order valence-corrected chi connectivity index (χ2v) is 7.00. The predicted molar refractivity (Wildman–Crippen MR) is 99.9 cm³/mol. The Hall–Kier alpha value is -1.48. The monoisotopic (exact) mass is 314 g/mol. The molecule has 1 aliphatic rings. The molecule has 3 heteroatoms. The van der Waals surface area contributed by atoms with Crippen LogP contribution in [0.5, 0.6) is 0 Å². The van der Waals surface area contributed by atoms with Gasteiger partial charge in [-0.2, -0.15) is 0 Å². The number of thioether (sulfide) groups is 1. The van der Waals surface area contributed by atoms with Crippen molar-refractivity contribution in [2.24, 2.45) is 10.9 Å². The summed E-state index contributed by atoms with van der Waals surface area (Å²) in [7, 11) is 0. The Labute approximate surface area is 138 Å². The van der Waals surface area contributed by atoms with Crippen molar-refractivity contribution < 1.29 is 0 Å². The fourth-order valence-corrected chi connectivity index (χ4v) is 3.29. The summed E-state index contributed by atoms with van der Waals surface area (Å²) < 4.78 is 0. The first-order chi connectivity index (χ1) is 10.6. The number of rotatable bonds is 6. The van der Waals surface area contributed by atoms with Gasteiger partial charge < -0.3 is 5.32 Å². The van der Waals surface area contributed by atoms with Crippen molar-refractivity contribution in [1.29, 1.82) is 0 Å². The summed E-state index contributed by atoms with van der Waals surface area (Å²) in [5, 5.41) is 3.65. The lowest BCUT2D eigenvalue weighted by atomic mass is 10.0. The molecule has 1 N–H and O–H groups in total. The van der Waals surface area contributed by atoms with Crippen LogP contribution in [0.25, 0.3) is 0 Å². The van der Waals surface area contributed by atoms with Gasteiger partial charge in [0.25, 0.3) is 0 Å². The number of hydrogen-bond acceptors (Lipinski definition) is 3. The van der Waals surface area contributed by atoms with Gasteiger partial charge in [-0.05, 0) is 43.7 Å². The van der Waals surface area contributed by atoms with Crippen molar-refractivity contribution in [1.82, 2.24) is 5.32 Å². The Morgan fingerprint density at radius 1 is 1.18 bits per heavy atom. The molecule has 0 fully saturated rings. The first-order valence-corrected chi connectivity index (χ1v) is 9.16. The Morgan fingerprint density at radius 3 is 2.55 bits per heavy atom. The first kappa shape index (κ1) is 16.9. The molecule has 1 atom stereocenters. The topological polar surface area (TPSA) is 24.4 Å². The number of hydrogen-bond donors (Lipinski definition) is 1. The Bertz CT molecular complexity index is 570. The zero-order chi connectivity index (χ0) is 15.9. The predicted octanol–water partition coefficient (Wildman–Crippen LogP) is 5.32. The maximum Gasteiger partial charge on any atom is 0.0633 e. The van der Waals surface area contributed by atoms with Gasteiger partial charge in [0.2, 0.25) is 0 Å². The standard InChI is InChI=1S/C19H26N2S/c1-14(2)12-15(3)20-18-11-10-17(13-19(18)22-4)21-16-8-6-5-7-9-16/h5-9,11,13-15,20H,10,12H2,1-4H3. The molecule has 0 saturated carbocycles. The molecule has 2 rings (SSSR count). The molecule has 0 spiro atoms. The second-order valence-electron chi connectivity index (χ2n) is 6.15.